The van der Waals surface area contributed by atoms with Crippen LogP contribution in [0.2, 0.25) is 0 Å². The molecular formula is C29H27NO5. The number of benzene rings is 4. The topological polar surface area (TPSA) is 66.0 Å². The van der Waals surface area contributed by atoms with Gasteiger partial charge in [-0.3, -0.25) is 4.79 Å². The molecule has 6 nitrogen and oxygen atoms in total. The van der Waals surface area contributed by atoms with Crippen LogP contribution in [0.4, 0.5) is 5.69 Å². The average Bonchev–Trinajstić information content (AvgIpc) is 2.92. The van der Waals surface area contributed by atoms with Crippen LogP contribution in [0.3, 0.4) is 0 Å². The molecule has 1 amide bonds. The summed E-state index contributed by atoms with van der Waals surface area (Å²) in [4.78, 5) is 12.9. The van der Waals surface area contributed by atoms with E-state index in [0.717, 1.165) is 11.1 Å². The Morgan fingerprint density at radius 3 is 1.71 bits per heavy atom. The number of rotatable bonds is 10. The first-order chi connectivity index (χ1) is 17.2. The fraction of sp³-hybridized carbons (Fsp3) is 0.138. The lowest BCUT2D eigenvalue weighted by atomic mass is 10.1. The highest BCUT2D eigenvalue weighted by Gasteiger charge is 2.24. The minimum Gasteiger partial charge on any atom is -0.491 e. The molecule has 0 saturated carbocycles. The van der Waals surface area contributed by atoms with E-state index in [1.54, 1.807) is 25.3 Å². The number of amides is 1. The van der Waals surface area contributed by atoms with Crippen molar-refractivity contribution in [3.05, 3.63) is 114 Å². The first-order valence-electron chi connectivity index (χ1n) is 11.2. The van der Waals surface area contributed by atoms with E-state index in [0.29, 0.717) is 40.9 Å². The highest BCUT2D eigenvalue weighted by molar-refractivity contribution is 6.05. The summed E-state index contributed by atoms with van der Waals surface area (Å²) >= 11 is 0. The summed E-state index contributed by atoms with van der Waals surface area (Å²) in [5, 5.41) is 2.93. The third-order valence-electron chi connectivity index (χ3n) is 5.31. The van der Waals surface area contributed by atoms with Gasteiger partial charge in [-0.25, -0.2) is 0 Å². The second-order valence-corrected chi connectivity index (χ2v) is 7.69. The van der Waals surface area contributed by atoms with Gasteiger partial charge in [0.05, 0.1) is 19.9 Å². The standard InChI is InChI=1S/C29H27NO5/c1-32-26-24(30-29(31)23-16-10-5-11-17-23)18-25(34-19-21-12-6-3-7-13-21)27(33-2)28(26)35-20-22-14-8-4-9-15-22/h3-18H,19-20H2,1-2H3,(H,30,31). The van der Waals surface area contributed by atoms with E-state index in [-0.39, 0.29) is 12.5 Å². The number of anilines is 1. The first kappa shape index (κ1) is 23.7. The van der Waals surface area contributed by atoms with Crippen molar-refractivity contribution in [1.29, 1.82) is 0 Å². The number of methoxy groups -OCH3 is 2. The van der Waals surface area contributed by atoms with Crippen LogP contribution in [0.25, 0.3) is 0 Å². The molecule has 4 rings (SSSR count). The van der Waals surface area contributed by atoms with Crippen LogP contribution in [0.15, 0.2) is 97.1 Å². The van der Waals surface area contributed by atoms with Crippen molar-refractivity contribution in [2.75, 3.05) is 19.5 Å². The van der Waals surface area contributed by atoms with Crippen LogP contribution in [0.1, 0.15) is 21.5 Å². The van der Waals surface area contributed by atoms with E-state index in [4.69, 9.17) is 18.9 Å². The van der Waals surface area contributed by atoms with Crippen molar-refractivity contribution in [2.45, 2.75) is 13.2 Å². The van der Waals surface area contributed by atoms with Crippen LogP contribution in [0.5, 0.6) is 23.0 Å². The largest absolute Gasteiger partial charge is 0.491 e. The second kappa shape index (κ2) is 11.6. The summed E-state index contributed by atoms with van der Waals surface area (Å²) < 4.78 is 23.7. The summed E-state index contributed by atoms with van der Waals surface area (Å²) in [7, 11) is 3.06. The second-order valence-electron chi connectivity index (χ2n) is 7.69. The van der Waals surface area contributed by atoms with Crippen LogP contribution in [-0.4, -0.2) is 20.1 Å². The molecule has 0 bridgehead atoms. The van der Waals surface area contributed by atoms with Crippen molar-refractivity contribution >= 4 is 11.6 Å². The Morgan fingerprint density at radius 1 is 0.657 bits per heavy atom. The van der Waals surface area contributed by atoms with Crippen molar-refractivity contribution in [2.24, 2.45) is 0 Å². The predicted octanol–water partition coefficient (Wildman–Crippen LogP) is 6.11. The zero-order chi connectivity index (χ0) is 24.5. The number of hydrogen-bond donors (Lipinski definition) is 1. The van der Waals surface area contributed by atoms with Crippen LogP contribution in [0, 0.1) is 0 Å². The van der Waals surface area contributed by atoms with Crippen molar-refractivity contribution in [3.63, 3.8) is 0 Å². The molecule has 35 heavy (non-hydrogen) atoms. The van der Waals surface area contributed by atoms with Gasteiger partial charge in [0.1, 0.15) is 13.2 Å². The molecule has 0 aliphatic rings. The number of hydrogen-bond acceptors (Lipinski definition) is 5. The maximum Gasteiger partial charge on any atom is 0.255 e. The molecule has 1 N–H and O–H groups in total. The van der Waals surface area contributed by atoms with E-state index in [1.165, 1.54) is 7.11 Å². The Bertz CT molecular complexity index is 1240. The highest BCUT2D eigenvalue weighted by Crippen LogP contribution is 2.50. The molecule has 0 fully saturated rings. The summed E-state index contributed by atoms with van der Waals surface area (Å²) in [6.07, 6.45) is 0. The molecule has 0 saturated heterocycles. The van der Waals surface area contributed by atoms with Gasteiger partial charge in [0.15, 0.2) is 11.5 Å². The monoisotopic (exact) mass is 469 g/mol. The van der Waals surface area contributed by atoms with Gasteiger partial charge in [-0.05, 0) is 23.3 Å². The minimum absolute atomic E-state index is 0.280. The lowest BCUT2D eigenvalue weighted by Gasteiger charge is -2.21. The molecule has 178 valence electrons. The van der Waals surface area contributed by atoms with E-state index in [2.05, 4.69) is 5.32 Å². The highest BCUT2D eigenvalue weighted by atomic mass is 16.5. The Balaban J connectivity index is 1.71. The zero-order valence-corrected chi connectivity index (χ0v) is 19.7. The van der Waals surface area contributed by atoms with Crippen molar-refractivity contribution in [3.8, 4) is 23.0 Å². The fourth-order valence-corrected chi connectivity index (χ4v) is 3.58. The fourth-order valence-electron chi connectivity index (χ4n) is 3.58. The summed E-state index contributed by atoms with van der Waals surface area (Å²) in [6, 6.07) is 30.2. The van der Waals surface area contributed by atoms with Gasteiger partial charge in [-0.2, -0.15) is 0 Å². The number of carbonyl (C=O) groups excluding carboxylic acids is 1. The Labute approximate surface area is 205 Å². The van der Waals surface area contributed by atoms with Crippen LogP contribution >= 0.6 is 0 Å². The Kier molecular flexibility index (Phi) is 7.86. The average molecular weight is 470 g/mol. The minimum atomic E-state index is -0.280. The third-order valence-corrected chi connectivity index (χ3v) is 5.31. The van der Waals surface area contributed by atoms with Gasteiger partial charge < -0.3 is 24.3 Å². The molecule has 0 aromatic heterocycles. The van der Waals surface area contributed by atoms with Gasteiger partial charge in [0.2, 0.25) is 11.5 Å². The van der Waals surface area contributed by atoms with Crippen LogP contribution in [-0.2, 0) is 13.2 Å². The predicted molar refractivity (Wildman–Crippen MR) is 135 cm³/mol. The molecule has 4 aromatic rings. The molecule has 0 aliphatic heterocycles. The lowest BCUT2D eigenvalue weighted by Crippen LogP contribution is -2.14. The van der Waals surface area contributed by atoms with Gasteiger partial charge in [-0.15, -0.1) is 0 Å². The number of ether oxygens (including phenoxy) is 4. The third kappa shape index (κ3) is 5.92. The van der Waals surface area contributed by atoms with Crippen LogP contribution < -0.4 is 24.3 Å². The van der Waals surface area contributed by atoms with E-state index >= 15 is 0 Å². The molecule has 0 aliphatic carbocycles. The van der Waals surface area contributed by atoms with Gasteiger partial charge >= 0.3 is 0 Å². The van der Waals surface area contributed by atoms with E-state index in [1.807, 2.05) is 78.9 Å². The molecule has 0 heterocycles. The maximum absolute atomic E-state index is 12.9. The van der Waals surface area contributed by atoms with E-state index < -0.39 is 0 Å². The summed E-state index contributed by atoms with van der Waals surface area (Å²) in [5.74, 6) is 1.20. The summed E-state index contributed by atoms with van der Waals surface area (Å²) in [6.45, 7) is 0.593. The van der Waals surface area contributed by atoms with Crippen molar-refractivity contribution < 1.29 is 23.7 Å². The normalized spacial score (nSPS) is 10.3. The number of carbonyl (C=O) groups is 1. The summed E-state index contributed by atoms with van der Waals surface area (Å²) in [5.41, 5.74) is 2.89. The lowest BCUT2D eigenvalue weighted by molar-refractivity contribution is 0.102. The Morgan fingerprint density at radius 2 is 1.17 bits per heavy atom. The maximum atomic E-state index is 12.9. The molecule has 0 unspecified atom stereocenters. The van der Waals surface area contributed by atoms with Gasteiger partial charge in [0.25, 0.3) is 5.91 Å². The van der Waals surface area contributed by atoms with Gasteiger partial charge in [0, 0.05) is 11.6 Å². The smallest absolute Gasteiger partial charge is 0.255 e. The Hall–Kier alpha value is -4.45. The molecule has 4 aromatic carbocycles. The molecule has 0 spiro atoms. The zero-order valence-electron chi connectivity index (χ0n) is 19.7. The quantitative estimate of drug-likeness (QED) is 0.303. The molecule has 0 radical (unpaired) electrons. The first-order valence-corrected chi connectivity index (χ1v) is 11.2. The molecular weight excluding hydrogens is 442 g/mol. The SMILES string of the molecule is COc1c(NC(=O)c2ccccc2)cc(OCc2ccccc2)c(OC)c1OCc1ccccc1. The molecule has 0 atom stereocenters. The van der Waals surface area contributed by atoms with Crippen molar-refractivity contribution in [1.82, 2.24) is 0 Å². The van der Waals surface area contributed by atoms with Gasteiger partial charge in [-0.1, -0.05) is 78.9 Å². The van der Waals surface area contributed by atoms with E-state index in [9.17, 15) is 4.79 Å². The molecule has 6 heteroatoms. The number of nitrogens with one attached hydrogen (secondary N) is 1.